The first-order chi connectivity index (χ1) is 5.38. The van der Waals surface area contributed by atoms with Gasteiger partial charge >= 0.3 is 0 Å². The first-order valence-electron chi connectivity index (χ1n) is 3.61. The number of fused-ring (bicyclic) bond motifs is 1. The Bertz CT molecular complexity index is 379. The van der Waals surface area contributed by atoms with Crippen LogP contribution in [0.15, 0.2) is 42.5 Å². The van der Waals surface area contributed by atoms with E-state index in [0.717, 1.165) is 11.1 Å². The van der Waals surface area contributed by atoms with Gasteiger partial charge in [0.15, 0.2) is 0 Å². The molecule has 0 bridgehead atoms. The van der Waals surface area contributed by atoms with Crippen molar-refractivity contribution in [2.75, 3.05) is 5.73 Å². The summed E-state index contributed by atoms with van der Waals surface area (Å²) in [6, 6.07) is 14.1. The molecule has 2 N–H and O–H groups in total. The molecule has 12 heavy (non-hydrogen) atoms. The molecule has 0 aliphatic rings. The van der Waals surface area contributed by atoms with Crippen molar-refractivity contribution in [3.63, 3.8) is 0 Å². The maximum atomic E-state index is 5.76. The van der Waals surface area contributed by atoms with Gasteiger partial charge < -0.3 is 5.73 Å². The van der Waals surface area contributed by atoms with Crippen LogP contribution in [0.1, 0.15) is 0 Å². The van der Waals surface area contributed by atoms with Crippen LogP contribution in [0.5, 0.6) is 0 Å². The molecule has 0 atom stereocenters. The third kappa shape index (κ3) is 1.48. The molecule has 55 valence electrons. The molecule has 0 fully saturated rings. The largest absolute Gasteiger partial charge is 0.398 e. The quantitative estimate of drug-likeness (QED) is 0.451. The Hall–Kier alpha value is -0.903. The second-order valence-electron chi connectivity index (χ2n) is 2.57. The van der Waals surface area contributed by atoms with E-state index in [1.165, 1.54) is 5.39 Å². The van der Waals surface area contributed by atoms with Crippen LogP contribution in [-0.2, 0) is 0 Å². The predicted molar refractivity (Wildman–Crippen MR) is 54.1 cm³/mol. The number of hydrogen-bond donors (Lipinski definition) is 1. The Morgan fingerprint density at radius 2 is 1.50 bits per heavy atom. The SMILES string of the molecule is Nc1cccc2ccccc12.[Li]. The number of nitrogens with two attached hydrogens (primary N) is 1. The molecule has 0 saturated carbocycles. The number of benzene rings is 2. The van der Waals surface area contributed by atoms with Gasteiger partial charge in [0.25, 0.3) is 0 Å². The number of hydrogen-bond acceptors (Lipinski definition) is 1. The summed E-state index contributed by atoms with van der Waals surface area (Å²) < 4.78 is 0. The first-order valence-corrected chi connectivity index (χ1v) is 3.61. The van der Waals surface area contributed by atoms with Gasteiger partial charge in [-0.1, -0.05) is 36.4 Å². The Balaban J connectivity index is 0.000000720. The second-order valence-corrected chi connectivity index (χ2v) is 2.57. The van der Waals surface area contributed by atoms with Crippen LogP contribution in [0, 0.1) is 0 Å². The zero-order valence-corrected chi connectivity index (χ0v) is 7.12. The summed E-state index contributed by atoms with van der Waals surface area (Å²) >= 11 is 0. The van der Waals surface area contributed by atoms with Crippen molar-refractivity contribution in [2.24, 2.45) is 0 Å². The maximum absolute atomic E-state index is 5.76. The summed E-state index contributed by atoms with van der Waals surface area (Å²) in [6.45, 7) is 0. The molecule has 2 aromatic rings. The summed E-state index contributed by atoms with van der Waals surface area (Å²) in [5.41, 5.74) is 6.61. The summed E-state index contributed by atoms with van der Waals surface area (Å²) in [4.78, 5) is 0. The van der Waals surface area contributed by atoms with Gasteiger partial charge in [-0.15, -0.1) is 0 Å². The van der Waals surface area contributed by atoms with Crippen LogP contribution < -0.4 is 5.73 Å². The molecule has 0 spiro atoms. The van der Waals surface area contributed by atoms with Crippen LogP contribution in [0.3, 0.4) is 0 Å². The van der Waals surface area contributed by atoms with Gasteiger partial charge in [-0.05, 0) is 11.5 Å². The van der Waals surface area contributed by atoms with Crippen molar-refractivity contribution in [1.82, 2.24) is 0 Å². The standard InChI is InChI=1S/C10H9N.Li/c11-10-7-3-5-8-4-1-2-6-9(8)10;/h1-7H,11H2;. The van der Waals surface area contributed by atoms with Crippen molar-refractivity contribution in [2.45, 2.75) is 0 Å². The molecule has 0 amide bonds. The molecule has 0 heterocycles. The average Bonchev–Trinajstić information content (AvgIpc) is 2.06. The molecule has 2 heteroatoms. The molecular formula is C10H9LiN. The zero-order valence-electron chi connectivity index (χ0n) is 7.12. The average molecular weight is 150 g/mol. The fourth-order valence-corrected chi connectivity index (χ4v) is 1.25. The van der Waals surface area contributed by atoms with Crippen LogP contribution in [0.2, 0.25) is 0 Å². The van der Waals surface area contributed by atoms with Gasteiger partial charge in [-0.3, -0.25) is 0 Å². The van der Waals surface area contributed by atoms with Gasteiger partial charge in [0.05, 0.1) is 0 Å². The van der Waals surface area contributed by atoms with Gasteiger partial charge in [-0.25, -0.2) is 0 Å². The minimum absolute atomic E-state index is 0. The van der Waals surface area contributed by atoms with E-state index in [1.807, 2.05) is 30.3 Å². The topological polar surface area (TPSA) is 26.0 Å². The molecule has 0 aromatic heterocycles. The van der Waals surface area contributed by atoms with Gasteiger partial charge in [0.1, 0.15) is 0 Å². The first kappa shape index (κ1) is 9.19. The van der Waals surface area contributed by atoms with E-state index >= 15 is 0 Å². The molecule has 0 unspecified atom stereocenters. The third-order valence-corrected chi connectivity index (χ3v) is 1.82. The Labute approximate surface area is 83.8 Å². The smallest absolute Gasteiger partial charge is 0.0393 e. The fraction of sp³-hybridized carbons (Fsp3) is 0. The van der Waals surface area contributed by atoms with E-state index < -0.39 is 0 Å². The minimum Gasteiger partial charge on any atom is -0.398 e. The molecule has 0 saturated heterocycles. The predicted octanol–water partition coefficient (Wildman–Crippen LogP) is 2.04. The van der Waals surface area contributed by atoms with E-state index in [9.17, 15) is 0 Å². The van der Waals surface area contributed by atoms with Crippen LogP contribution >= 0.6 is 0 Å². The fourth-order valence-electron chi connectivity index (χ4n) is 1.25. The molecule has 2 aromatic carbocycles. The van der Waals surface area contributed by atoms with E-state index in [0.29, 0.717) is 0 Å². The monoisotopic (exact) mass is 150 g/mol. The molecule has 0 aliphatic heterocycles. The van der Waals surface area contributed by atoms with Crippen molar-refractivity contribution in [1.29, 1.82) is 0 Å². The van der Waals surface area contributed by atoms with Crippen molar-refractivity contribution >= 4 is 35.3 Å². The van der Waals surface area contributed by atoms with Crippen molar-refractivity contribution in [3.05, 3.63) is 42.5 Å². The summed E-state index contributed by atoms with van der Waals surface area (Å²) in [7, 11) is 0. The van der Waals surface area contributed by atoms with Crippen LogP contribution in [-0.4, -0.2) is 18.9 Å². The van der Waals surface area contributed by atoms with Crippen LogP contribution in [0.4, 0.5) is 5.69 Å². The van der Waals surface area contributed by atoms with E-state index in [-0.39, 0.29) is 18.9 Å². The van der Waals surface area contributed by atoms with Crippen molar-refractivity contribution in [3.8, 4) is 0 Å². The summed E-state index contributed by atoms with van der Waals surface area (Å²) in [5.74, 6) is 0. The van der Waals surface area contributed by atoms with E-state index in [2.05, 4.69) is 12.1 Å². The van der Waals surface area contributed by atoms with Crippen molar-refractivity contribution < 1.29 is 0 Å². The third-order valence-electron chi connectivity index (χ3n) is 1.82. The molecule has 2 rings (SSSR count). The van der Waals surface area contributed by atoms with Gasteiger partial charge in [0.2, 0.25) is 0 Å². The number of rotatable bonds is 0. The Kier molecular flexibility index (Phi) is 2.81. The Morgan fingerprint density at radius 3 is 2.25 bits per heavy atom. The van der Waals surface area contributed by atoms with Gasteiger partial charge in [0, 0.05) is 29.9 Å². The molecule has 0 aliphatic carbocycles. The number of anilines is 1. The Morgan fingerprint density at radius 1 is 0.833 bits per heavy atom. The summed E-state index contributed by atoms with van der Waals surface area (Å²) in [6.07, 6.45) is 0. The zero-order chi connectivity index (χ0) is 7.68. The number of nitrogen functional groups attached to an aromatic ring is 1. The maximum Gasteiger partial charge on any atom is 0.0393 e. The van der Waals surface area contributed by atoms with Gasteiger partial charge in [-0.2, -0.15) is 0 Å². The van der Waals surface area contributed by atoms with Crippen LogP contribution in [0.25, 0.3) is 10.8 Å². The molecule has 1 nitrogen and oxygen atoms in total. The minimum atomic E-state index is 0. The second kappa shape index (κ2) is 3.67. The molecule has 1 radical (unpaired) electrons. The normalized spacial score (nSPS) is 9.33. The van der Waals surface area contributed by atoms with E-state index in [1.54, 1.807) is 0 Å². The molecular weight excluding hydrogens is 141 g/mol. The van der Waals surface area contributed by atoms with E-state index in [4.69, 9.17) is 5.73 Å². The summed E-state index contributed by atoms with van der Waals surface area (Å²) in [5, 5.41) is 2.34.